The second-order valence-electron chi connectivity index (χ2n) is 6.61. The van der Waals surface area contributed by atoms with Crippen molar-refractivity contribution in [2.75, 3.05) is 5.32 Å². The zero-order valence-corrected chi connectivity index (χ0v) is 14.8. The smallest absolute Gasteiger partial charge is 0.247 e. The van der Waals surface area contributed by atoms with Crippen molar-refractivity contribution in [3.05, 3.63) is 60.3 Å². The van der Waals surface area contributed by atoms with E-state index in [1.54, 1.807) is 6.20 Å². The van der Waals surface area contributed by atoms with Crippen molar-refractivity contribution in [1.82, 2.24) is 15.5 Å². The predicted molar refractivity (Wildman–Crippen MR) is 102 cm³/mol. The van der Waals surface area contributed by atoms with E-state index in [-0.39, 0.29) is 24.2 Å². The molecule has 1 unspecified atom stereocenters. The van der Waals surface area contributed by atoms with Gasteiger partial charge in [0.25, 0.3) is 0 Å². The number of H-pyrrole nitrogens is 1. The molecule has 1 aromatic heterocycles. The summed E-state index contributed by atoms with van der Waals surface area (Å²) in [5.41, 5.74) is 2.49. The molecule has 2 aromatic carbocycles. The lowest BCUT2D eigenvalue weighted by molar-refractivity contribution is -0.127. The van der Waals surface area contributed by atoms with Gasteiger partial charge in [0.15, 0.2) is 0 Å². The molecule has 1 heterocycles. The molecule has 0 saturated carbocycles. The summed E-state index contributed by atoms with van der Waals surface area (Å²) < 4.78 is 0. The molecule has 0 saturated heterocycles. The average molecular weight is 350 g/mol. The highest BCUT2D eigenvalue weighted by molar-refractivity contribution is 5.99. The van der Waals surface area contributed by atoms with E-state index in [1.165, 1.54) is 0 Å². The average Bonchev–Trinajstić information content (AvgIpc) is 3.08. The molecule has 6 nitrogen and oxygen atoms in total. The molecule has 0 bridgehead atoms. The fourth-order valence-corrected chi connectivity index (χ4v) is 2.78. The predicted octanol–water partition coefficient (Wildman–Crippen LogP) is 2.88. The van der Waals surface area contributed by atoms with Crippen LogP contribution in [0.2, 0.25) is 0 Å². The Balaban J connectivity index is 1.66. The number of carbonyl (C=O) groups is 2. The van der Waals surface area contributed by atoms with Crippen LogP contribution in [-0.2, 0) is 16.0 Å². The first-order chi connectivity index (χ1) is 12.5. The van der Waals surface area contributed by atoms with E-state index in [1.807, 2.05) is 62.4 Å². The molecule has 134 valence electrons. The molecule has 6 heteroatoms. The van der Waals surface area contributed by atoms with Gasteiger partial charge < -0.3 is 10.6 Å². The number of nitrogens with one attached hydrogen (secondary N) is 3. The number of rotatable bonds is 6. The van der Waals surface area contributed by atoms with Crippen LogP contribution in [0.5, 0.6) is 0 Å². The Morgan fingerprint density at radius 2 is 1.88 bits per heavy atom. The van der Waals surface area contributed by atoms with Crippen LogP contribution in [0.4, 0.5) is 5.69 Å². The zero-order chi connectivity index (χ0) is 18.5. The molecular weight excluding hydrogens is 328 g/mol. The Hall–Kier alpha value is -3.15. The number of nitrogens with zero attached hydrogens (tertiary/aromatic N) is 1. The molecule has 3 N–H and O–H groups in total. The van der Waals surface area contributed by atoms with E-state index in [2.05, 4.69) is 20.8 Å². The summed E-state index contributed by atoms with van der Waals surface area (Å²) in [5, 5.41) is 13.5. The summed E-state index contributed by atoms with van der Waals surface area (Å²) in [6, 6.07) is 14.4. The first kappa shape index (κ1) is 17.7. The maximum absolute atomic E-state index is 12.7. The molecule has 0 aliphatic heterocycles. The van der Waals surface area contributed by atoms with Crippen LogP contribution in [0.25, 0.3) is 10.9 Å². The molecular formula is C20H22N4O2. The number of hydrogen-bond donors (Lipinski definition) is 3. The molecule has 2 amide bonds. The van der Waals surface area contributed by atoms with E-state index in [0.717, 1.165) is 16.5 Å². The molecule has 0 radical (unpaired) electrons. The number of amides is 2. The summed E-state index contributed by atoms with van der Waals surface area (Å²) >= 11 is 0. The van der Waals surface area contributed by atoms with Gasteiger partial charge in [0.05, 0.1) is 18.1 Å². The van der Waals surface area contributed by atoms with Gasteiger partial charge >= 0.3 is 0 Å². The first-order valence-corrected chi connectivity index (χ1v) is 8.60. The SMILES string of the molecule is CC(C)C(NC(=O)Cc1ccccc1)C(=O)Nc1ccc2[nH]ncc2c1. The van der Waals surface area contributed by atoms with Crippen LogP contribution >= 0.6 is 0 Å². The number of aromatic amines is 1. The third-order valence-electron chi connectivity index (χ3n) is 4.18. The van der Waals surface area contributed by atoms with Gasteiger partial charge in [-0.1, -0.05) is 44.2 Å². The van der Waals surface area contributed by atoms with Gasteiger partial charge in [-0.3, -0.25) is 14.7 Å². The Bertz CT molecular complexity index is 902. The van der Waals surface area contributed by atoms with Crippen molar-refractivity contribution in [1.29, 1.82) is 0 Å². The van der Waals surface area contributed by atoms with Gasteiger partial charge in [0.1, 0.15) is 6.04 Å². The zero-order valence-electron chi connectivity index (χ0n) is 14.8. The van der Waals surface area contributed by atoms with Crippen molar-refractivity contribution >= 4 is 28.4 Å². The molecule has 3 rings (SSSR count). The van der Waals surface area contributed by atoms with E-state index in [4.69, 9.17) is 0 Å². The van der Waals surface area contributed by atoms with Gasteiger partial charge in [-0.25, -0.2) is 0 Å². The summed E-state index contributed by atoms with van der Waals surface area (Å²) in [7, 11) is 0. The van der Waals surface area contributed by atoms with Gasteiger partial charge in [-0.2, -0.15) is 5.10 Å². The minimum absolute atomic E-state index is 0.0348. The van der Waals surface area contributed by atoms with Crippen molar-refractivity contribution < 1.29 is 9.59 Å². The highest BCUT2D eigenvalue weighted by Crippen LogP contribution is 2.17. The van der Waals surface area contributed by atoms with E-state index in [9.17, 15) is 9.59 Å². The lowest BCUT2D eigenvalue weighted by Gasteiger charge is -2.22. The first-order valence-electron chi connectivity index (χ1n) is 8.60. The van der Waals surface area contributed by atoms with E-state index in [0.29, 0.717) is 5.69 Å². The van der Waals surface area contributed by atoms with Crippen molar-refractivity contribution in [3.8, 4) is 0 Å². The van der Waals surface area contributed by atoms with E-state index >= 15 is 0 Å². The topological polar surface area (TPSA) is 86.9 Å². The number of fused-ring (bicyclic) bond motifs is 1. The van der Waals surface area contributed by atoms with Crippen LogP contribution in [0.1, 0.15) is 19.4 Å². The minimum Gasteiger partial charge on any atom is -0.344 e. The molecule has 0 aliphatic rings. The highest BCUT2D eigenvalue weighted by atomic mass is 16.2. The largest absolute Gasteiger partial charge is 0.344 e. The molecule has 0 fully saturated rings. The van der Waals surface area contributed by atoms with Gasteiger partial charge in [-0.15, -0.1) is 0 Å². The Labute approximate surface area is 152 Å². The maximum Gasteiger partial charge on any atom is 0.247 e. The number of anilines is 1. The van der Waals surface area contributed by atoms with Gasteiger partial charge in [0, 0.05) is 11.1 Å². The van der Waals surface area contributed by atoms with E-state index < -0.39 is 6.04 Å². The van der Waals surface area contributed by atoms with Crippen molar-refractivity contribution in [2.24, 2.45) is 5.92 Å². The number of aromatic nitrogens is 2. The monoisotopic (exact) mass is 350 g/mol. The maximum atomic E-state index is 12.7. The minimum atomic E-state index is -0.605. The van der Waals surface area contributed by atoms with Gasteiger partial charge in [0.2, 0.25) is 11.8 Å². The quantitative estimate of drug-likeness (QED) is 0.639. The molecule has 3 aromatic rings. The summed E-state index contributed by atoms with van der Waals surface area (Å²) in [6.07, 6.45) is 1.95. The number of carbonyl (C=O) groups excluding carboxylic acids is 2. The van der Waals surface area contributed by atoms with Crippen LogP contribution in [0, 0.1) is 5.92 Å². The second kappa shape index (κ2) is 7.82. The van der Waals surface area contributed by atoms with Crippen LogP contribution in [-0.4, -0.2) is 28.1 Å². The van der Waals surface area contributed by atoms with Crippen LogP contribution in [0.3, 0.4) is 0 Å². The standard InChI is InChI=1S/C20H22N4O2/c1-13(2)19(23-18(25)10-14-6-4-3-5-7-14)20(26)22-16-8-9-17-15(11-16)12-21-24-17/h3-9,11-13,19H,10H2,1-2H3,(H,21,24)(H,22,26)(H,23,25). The molecule has 1 atom stereocenters. The van der Waals surface area contributed by atoms with Crippen LogP contribution in [0.15, 0.2) is 54.7 Å². The van der Waals surface area contributed by atoms with Crippen molar-refractivity contribution in [2.45, 2.75) is 26.3 Å². The summed E-state index contributed by atoms with van der Waals surface area (Å²) in [4.78, 5) is 25.0. The fourth-order valence-electron chi connectivity index (χ4n) is 2.78. The normalized spacial score (nSPS) is 12.1. The highest BCUT2D eigenvalue weighted by Gasteiger charge is 2.24. The Morgan fingerprint density at radius 1 is 1.12 bits per heavy atom. The number of hydrogen-bond acceptors (Lipinski definition) is 3. The second-order valence-corrected chi connectivity index (χ2v) is 6.61. The fraction of sp³-hybridized carbons (Fsp3) is 0.250. The lowest BCUT2D eigenvalue weighted by Crippen LogP contribution is -2.47. The molecule has 0 aliphatic carbocycles. The van der Waals surface area contributed by atoms with Gasteiger partial charge in [-0.05, 0) is 29.7 Å². The van der Waals surface area contributed by atoms with Crippen LogP contribution < -0.4 is 10.6 Å². The third-order valence-corrected chi connectivity index (χ3v) is 4.18. The Kier molecular flexibility index (Phi) is 5.31. The summed E-state index contributed by atoms with van der Waals surface area (Å²) in [6.45, 7) is 3.82. The lowest BCUT2D eigenvalue weighted by atomic mass is 10.0. The third kappa shape index (κ3) is 4.27. The number of benzene rings is 2. The molecule has 0 spiro atoms. The van der Waals surface area contributed by atoms with Crippen molar-refractivity contribution in [3.63, 3.8) is 0 Å². The molecule has 26 heavy (non-hydrogen) atoms. The Morgan fingerprint density at radius 3 is 2.62 bits per heavy atom. The summed E-state index contributed by atoms with van der Waals surface area (Å²) in [5.74, 6) is -0.438.